The summed E-state index contributed by atoms with van der Waals surface area (Å²) in [6.45, 7) is 7.10. The summed E-state index contributed by atoms with van der Waals surface area (Å²) in [7, 11) is 0. The molecule has 1 unspecified atom stereocenters. The molecule has 2 fully saturated rings. The number of nitrogens with zero attached hydrogens (tertiary/aromatic N) is 2. The van der Waals surface area contributed by atoms with Gasteiger partial charge in [-0.3, -0.25) is 9.69 Å². The third kappa shape index (κ3) is 4.33. The summed E-state index contributed by atoms with van der Waals surface area (Å²) in [5, 5.41) is 3.26. The molecule has 2 aliphatic heterocycles. The molecule has 0 spiro atoms. The largest absolute Gasteiger partial charge is 0.352 e. The van der Waals surface area contributed by atoms with Crippen LogP contribution in [-0.2, 0) is 4.79 Å². The lowest BCUT2D eigenvalue weighted by Crippen LogP contribution is -2.47. The van der Waals surface area contributed by atoms with Crippen molar-refractivity contribution >= 4 is 5.91 Å². The molecule has 0 aliphatic carbocycles. The van der Waals surface area contributed by atoms with Gasteiger partial charge in [0.05, 0.1) is 6.54 Å². The molecule has 3 rings (SSSR count). The smallest absolute Gasteiger partial charge is 0.234 e. The Morgan fingerprint density at radius 2 is 1.87 bits per heavy atom. The third-order valence-electron chi connectivity index (χ3n) is 5.29. The van der Waals surface area contributed by atoms with E-state index < -0.39 is 0 Å². The summed E-state index contributed by atoms with van der Waals surface area (Å²) in [5.41, 5.74) is 1.34. The molecule has 2 heterocycles. The van der Waals surface area contributed by atoms with Crippen LogP contribution in [0.2, 0.25) is 0 Å². The molecule has 0 aromatic heterocycles. The number of carbonyl (C=O) groups is 1. The summed E-state index contributed by atoms with van der Waals surface area (Å²) in [6.07, 6.45) is 4.51. The average Bonchev–Trinajstić information content (AvgIpc) is 3.04. The van der Waals surface area contributed by atoms with E-state index in [0.717, 1.165) is 45.4 Å². The molecule has 2 saturated heterocycles. The summed E-state index contributed by atoms with van der Waals surface area (Å²) in [6, 6.07) is 11.4. The molecule has 4 heteroatoms. The molecular weight excluding hydrogens is 286 g/mol. The fourth-order valence-corrected chi connectivity index (χ4v) is 3.92. The van der Waals surface area contributed by atoms with Gasteiger partial charge in [-0.2, -0.15) is 0 Å². The van der Waals surface area contributed by atoms with Crippen molar-refractivity contribution in [3.05, 3.63) is 35.9 Å². The van der Waals surface area contributed by atoms with Gasteiger partial charge in [0, 0.05) is 25.2 Å². The van der Waals surface area contributed by atoms with Crippen LogP contribution in [0.4, 0.5) is 0 Å². The summed E-state index contributed by atoms with van der Waals surface area (Å²) >= 11 is 0. The number of likely N-dealkylation sites (tertiary alicyclic amines) is 2. The Hall–Kier alpha value is -1.39. The fraction of sp³-hybridized carbons (Fsp3) is 0.632. The van der Waals surface area contributed by atoms with Gasteiger partial charge in [-0.1, -0.05) is 37.3 Å². The van der Waals surface area contributed by atoms with Gasteiger partial charge in [0.1, 0.15) is 0 Å². The lowest BCUT2D eigenvalue weighted by atomic mass is 10.0. The van der Waals surface area contributed by atoms with Crippen molar-refractivity contribution in [3.8, 4) is 0 Å². The Morgan fingerprint density at radius 3 is 2.57 bits per heavy atom. The number of piperidine rings is 1. The van der Waals surface area contributed by atoms with E-state index in [1.165, 1.54) is 12.0 Å². The molecular formula is C19H29N3O. The van der Waals surface area contributed by atoms with Crippen molar-refractivity contribution in [2.75, 3.05) is 32.7 Å². The van der Waals surface area contributed by atoms with Crippen molar-refractivity contribution in [2.24, 2.45) is 0 Å². The van der Waals surface area contributed by atoms with E-state index in [4.69, 9.17) is 0 Å². The molecule has 0 radical (unpaired) electrons. The Labute approximate surface area is 139 Å². The highest BCUT2D eigenvalue weighted by atomic mass is 16.2. The van der Waals surface area contributed by atoms with Crippen LogP contribution < -0.4 is 5.32 Å². The number of rotatable bonds is 5. The second kappa shape index (κ2) is 7.93. The van der Waals surface area contributed by atoms with Gasteiger partial charge in [-0.25, -0.2) is 0 Å². The number of nitrogens with one attached hydrogen (secondary N) is 1. The van der Waals surface area contributed by atoms with Crippen molar-refractivity contribution in [1.82, 2.24) is 15.1 Å². The normalized spacial score (nSPS) is 24.0. The van der Waals surface area contributed by atoms with E-state index in [-0.39, 0.29) is 5.91 Å². The zero-order chi connectivity index (χ0) is 16.1. The molecule has 1 amide bonds. The first-order chi connectivity index (χ1) is 11.3. The maximum atomic E-state index is 12.4. The fourth-order valence-electron chi connectivity index (χ4n) is 3.92. The SMILES string of the molecule is CCN1CCC(NC(=O)CN2CCCC2c2ccccc2)CC1. The first kappa shape index (κ1) is 16.5. The van der Waals surface area contributed by atoms with Crippen LogP contribution in [0.25, 0.3) is 0 Å². The van der Waals surface area contributed by atoms with Gasteiger partial charge < -0.3 is 10.2 Å². The highest BCUT2D eigenvalue weighted by molar-refractivity contribution is 5.78. The van der Waals surface area contributed by atoms with Crippen LogP contribution in [0.3, 0.4) is 0 Å². The van der Waals surface area contributed by atoms with Crippen LogP contribution in [0, 0.1) is 0 Å². The van der Waals surface area contributed by atoms with Gasteiger partial charge in [-0.15, -0.1) is 0 Å². The minimum absolute atomic E-state index is 0.197. The predicted molar refractivity (Wildman–Crippen MR) is 93.3 cm³/mol. The Kier molecular flexibility index (Phi) is 5.68. The van der Waals surface area contributed by atoms with Crippen LogP contribution in [0.5, 0.6) is 0 Å². The quantitative estimate of drug-likeness (QED) is 0.906. The predicted octanol–water partition coefficient (Wildman–Crippen LogP) is 2.42. The van der Waals surface area contributed by atoms with Crippen LogP contribution in [-0.4, -0.2) is 54.5 Å². The van der Waals surface area contributed by atoms with E-state index in [9.17, 15) is 4.79 Å². The van der Waals surface area contributed by atoms with Gasteiger partial charge >= 0.3 is 0 Å². The van der Waals surface area contributed by atoms with E-state index >= 15 is 0 Å². The van der Waals surface area contributed by atoms with Crippen molar-refractivity contribution < 1.29 is 4.79 Å². The monoisotopic (exact) mass is 315 g/mol. The molecule has 1 aromatic rings. The standard InChI is InChI=1S/C19H29N3O/c1-2-21-13-10-17(11-14-21)20-19(23)15-22-12-6-9-18(22)16-7-4-3-5-8-16/h3-5,7-8,17-18H,2,6,9-15H2,1H3,(H,20,23). The molecule has 126 valence electrons. The second-order valence-corrected chi connectivity index (χ2v) is 6.82. The van der Waals surface area contributed by atoms with E-state index in [2.05, 4.69) is 52.4 Å². The molecule has 0 saturated carbocycles. The number of hydrogen-bond donors (Lipinski definition) is 1. The highest BCUT2D eigenvalue weighted by Gasteiger charge is 2.28. The number of amides is 1. The van der Waals surface area contributed by atoms with Crippen molar-refractivity contribution in [2.45, 2.75) is 44.7 Å². The highest BCUT2D eigenvalue weighted by Crippen LogP contribution is 2.31. The molecule has 1 aromatic carbocycles. The zero-order valence-electron chi connectivity index (χ0n) is 14.2. The van der Waals surface area contributed by atoms with E-state index in [1.807, 2.05) is 0 Å². The lowest BCUT2D eigenvalue weighted by Gasteiger charge is -2.32. The molecule has 1 N–H and O–H groups in total. The lowest BCUT2D eigenvalue weighted by molar-refractivity contribution is -0.123. The van der Waals surface area contributed by atoms with Crippen LogP contribution in [0.15, 0.2) is 30.3 Å². The van der Waals surface area contributed by atoms with Gasteiger partial charge in [-0.05, 0) is 44.3 Å². The number of benzene rings is 1. The minimum Gasteiger partial charge on any atom is -0.352 e. The van der Waals surface area contributed by atoms with Crippen molar-refractivity contribution in [1.29, 1.82) is 0 Å². The zero-order valence-corrected chi connectivity index (χ0v) is 14.2. The summed E-state index contributed by atoms with van der Waals surface area (Å²) < 4.78 is 0. The van der Waals surface area contributed by atoms with Gasteiger partial charge in [0.2, 0.25) is 5.91 Å². The van der Waals surface area contributed by atoms with E-state index in [0.29, 0.717) is 18.6 Å². The third-order valence-corrected chi connectivity index (χ3v) is 5.29. The minimum atomic E-state index is 0.197. The summed E-state index contributed by atoms with van der Waals surface area (Å²) in [4.78, 5) is 17.2. The second-order valence-electron chi connectivity index (χ2n) is 6.82. The number of carbonyl (C=O) groups excluding carboxylic acids is 1. The van der Waals surface area contributed by atoms with Crippen LogP contribution >= 0.6 is 0 Å². The molecule has 1 atom stereocenters. The molecule has 2 aliphatic rings. The molecule has 0 bridgehead atoms. The summed E-state index contributed by atoms with van der Waals surface area (Å²) in [5.74, 6) is 0.197. The first-order valence-corrected chi connectivity index (χ1v) is 9.07. The Bertz CT molecular complexity index is 497. The Balaban J connectivity index is 1.49. The van der Waals surface area contributed by atoms with Crippen molar-refractivity contribution in [3.63, 3.8) is 0 Å². The maximum Gasteiger partial charge on any atom is 0.234 e. The van der Waals surface area contributed by atoms with E-state index in [1.54, 1.807) is 0 Å². The topological polar surface area (TPSA) is 35.6 Å². The molecule has 23 heavy (non-hydrogen) atoms. The first-order valence-electron chi connectivity index (χ1n) is 9.07. The maximum absolute atomic E-state index is 12.4. The van der Waals surface area contributed by atoms with Crippen LogP contribution in [0.1, 0.15) is 44.2 Å². The number of hydrogen-bond acceptors (Lipinski definition) is 3. The Morgan fingerprint density at radius 1 is 1.13 bits per heavy atom. The average molecular weight is 315 g/mol. The molecule has 4 nitrogen and oxygen atoms in total. The van der Waals surface area contributed by atoms with Gasteiger partial charge in [0.15, 0.2) is 0 Å². The van der Waals surface area contributed by atoms with Gasteiger partial charge in [0.25, 0.3) is 0 Å².